The standard InChI is InChI=1S/C16H18N6O/c1-11-8-13(20-15-2-5-19-22(11)15)12-3-6-21(7-4-12)16(23)14-9-17-10-18-14/h2,5,8-10,12H,3-4,6-7H2,1H3,(H,17,18). The number of H-pyrrole nitrogens is 1. The van der Waals surface area contributed by atoms with Gasteiger partial charge in [-0.3, -0.25) is 4.79 Å². The number of piperidine rings is 1. The topological polar surface area (TPSA) is 79.2 Å². The molecule has 7 heteroatoms. The van der Waals surface area contributed by atoms with Crippen molar-refractivity contribution in [1.29, 1.82) is 0 Å². The van der Waals surface area contributed by atoms with E-state index in [1.807, 2.05) is 22.4 Å². The molecule has 1 fully saturated rings. The lowest BCUT2D eigenvalue weighted by atomic mass is 9.92. The molecule has 0 unspecified atom stereocenters. The molecule has 3 aromatic heterocycles. The van der Waals surface area contributed by atoms with Gasteiger partial charge < -0.3 is 9.88 Å². The summed E-state index contributed by atoms with van der Waals surface area (Å²) in [6.07, 6.45) is 6.73. The van der Waals surface area contributed by atoms with Gasteiger partial charge in [0.15, 0.2) is 5.65 Å². The zero-order valence-corrected chi connectivity index (χ0v) is 12.9. The third kappa shape index (κ3) is 2.48. The monoisotopic (exact) mass is 310 g/mol. The summed E-state index contributed by atoms with van der Waals surface area (Å²) in [5, 5.41) is 4.26. The predicted molar refractivity (Wildman–Crippen MR) is 84.2 cm³/mol. The van der Waals surface area contributed by atoms with E-state index in [1.54, 1.807) is 12.4 Å². The van der Waals surface area contributed by atoms with Crippen molar-refractivity contribution in [2.75, 3.05) is 13.1 Å². The summed E-state index contributed by atoms with van der Waals surface area (Å²) >= 11 is 0. The maximum Gasteiger partial charge on any atom is 0.271 e. The Labute approximate surface area is 133 Å². The summed E-state index contributed by atoms with van der Waals surface area (Å²) in [5.41, 5.74) is 3.63. The fraction of sp³-hybridized carbons (Fsp3) is 0.375. The van der Waals surface area contributed by atoms with Gasteiger partial charge in [0.25, 0.3) is 5.91 Å². The summed E-state index contributed by atoms with van der Waals surface area (Å²) < 4.78 is 1.85. The van der Waals surface area contributed by atoms with Gasteiger partial charge in [-0.05, 0) is 25.8 Å². The molecular weight excluding hydrogens is 292 g/mol. The second-order valence-corrected chi connectivity index (χ2v) is 5.96. The third-order valence-electron chi connectivity index (χ3n) is 4.49. The zero-order chi connectivity index (χ0) is 15.8. The fourth-order valence-corrected chi connectivity index (χ4v) is 3.22. The minimum Gasteiger partial charge on any atom is -0.341 e. The Hall–Kier alpha value is -2.70. The number of carbonyl (C=O) groups is 1. The summed E-state index contributed by atoms with van der Waals surface area (Å²) in [6.45, 7) is 3.53. The summed E-state index contributed by atoms with van der Waals surface area (Å²) in [6, 6.07) is 4.03. The molecule has 0 atom stereocenters. The molecule has 0 aromatic carbocycles. The first-order chi connectivity index (χ1) is 11.2. The number of amides is 1. The number of rotatable bonds is 2. The Morgan fingerprint density at radius 1 is 1.35 bits per heavy atom. The van der Waals surface area contributed by atoms with E-state index in [2.05, 4.69) is 21.1 Å². The highest BCUT2D eigenvalue weighted by atomic mass is 16.2. The third-order valence-corrected chi connectivity index (χ3v) is 4.49. The summed E-state index contributed by atoms with van der Waals surface area (Å²) in [5.74, 6) is 0.413. The van der Waals surface area contributed by atoms with E-state index in [0.29, 0.717) is 11.6 Å². The van der Waals surface area contributed by atoms with Crippen molar-refractivity contribution in [3.63, 3.8) is 0 Å². The quantitative estimate of drug-likeness (QED) is 0.782. The van der Waals surface area contributed by atoms with Crippen LogP contribution in [0.2, 0.25) is 0 Å². The number of hydrogen-bond acceptors (Lipinski definition) is 4. The van der Waals surface area contributed by atoms with Crippen molar-refractivity contribution in [3.8, 4) is 0 Å². The molecular formula is C16H18N6O. The maximum atomic E-state index is 12.3. The Kier molecular flexibility index (Phi) is 3.33. The zero-order valence-electron chi connectivity index (χ0n) is 12.9. The lowest BCUT2D eigenvalue weighted by Crippen LogP contribution is -2.38. The highest BCUT2D eigenvalue weighted by Crippen LogP contribution is 2.28. The highest BCUT2D eigenvalue weighted by molar-refractivity contribution is 5.92. The van der Waals surface area contributed by atoms with Crippen molar-refractivity contribution in [2.45, 2.75) is 25.7 Å². The van der Waals surface area contributed by atoms with Crippen LogP contribution in [0.15, 0.2) is 30.9 Å². The molecule has 7 nitrogen and oxygen atoms in total. The van der Waals surface area contributed by atoms with Crippen LogP contribution in [0.25, 0.3) is 5.65 Å². The summed E-state index contributed by atoms with van der Waals surface area (Å²) in [4.78, 5) is 25.7. The van der Waals surface area contributed by atoms with Crippen molar-refractivity contribution in [3.05, 3.63) is 47.9 Å². The number of fused-ring (bicyclic) bond motifs is 1. The van der Waals surface area contributed by atoms with Crippen LogP contribution in [0, 0.1) is 6.92 Å². The molecule has 0 spiro atoms. The number of hydrogen-bond donors (Lipinski definition) is 1. The molecule has 1 aliphatic rings. The highest BCUT2D eigenvalue weighted by Gasteiger charge is 2.26. The largest absolute Gasteiger partial charge is 0.341 e. The van der Waals surface area contributed by atoms with E-state index in [1.165, 1.54) is 6.33 Å². The number of nitrogens with one attached hydrogen (secondary N) is 1. The van der Waals surface area contributed by atoms with Crippen LogP contribution in [-0.2, 0) is 0 Å². The van der Waals surface area contributed by atoms with Gasteiger partial charge in [-0.1, -0.05) is 0 Å². The molecule has 1 amide bonds. The molecule has 0 radical (unpaired) electrons. The molecule has 0 bridgehead atoms. The Bertz CT molecular complexity index is 830. The van der Waals surface area contributed by atoms with Crippen LogP contribution in [-0.4, -0.2) is 48.5 Å². The van der Waals surface area contributed by atoms with Gasteiger partial charge in [0, 0.05) is 36.5 Å². The van der Waals surface area contributed by atoms with E-state index in [4.69, 9.17) is 4.98 Å². The number of carbonyl (C=O) groups excluding carboxylic acids is 1. The van der Waals surface area contributed by atoms with Crippen molar-refractivity contribution < 1.29 is 4.79 Å². The minimum absolute atomic E-state index is 0.0244. The lowest BCUT2D eigenvalue weighted by Gasteiger charge is -2.31. The molecule has 23 heavy (non-hydrogen) atoms. The summed E-state index contributed by atoms with van der Waals surface area (Å²) in [7, 11) is 0. The van der Waals surface area contributed by atoms with Crippen LogP contribution < -0.4 is 0 Å². The van der Waals surface area contributed by atoms with Gasteiger partial charge in [-0.2, -0.15) is 5.10 Å². The average Bonchev–Trinajstić information content (AvgIpc) is 3.26. The van der Waals surface area contributed by atoms with Gasteiger partial charge in [0.2, 0.25) is 0 Å². The molecule has 4 rings (SSSR count). The predicted octanol–water partition coefficient (Wildman–Crippen LogP) is 1.78. The second kappa shape index (κ2) is 5.49. The van der Waals surface area contributed by atoms with E-state index in [-0.39, 0.29) is 5.91 Å². The number of aromatic amines is 1. The van der Waals surface area contributed by atoms with Crippen LogP contribution in [0.3, 0.4) is 0 Å². The maximum absolute atomic E-state index is 12.3. The number of likely N-dealkylation sites (tertiary alicyclic amines) is 1. The van der Waals surface area contributed by atoms with E-state index in [0.717, 1.165) is 43.0 Å². The molecule has 4 heterocycles. The first kappa shape index (κ1) is 13.9. The van der Waals surface area contributed by atoms with Gasteiger partial charge in [-0.15, -0.1) is 0 Å². The fourth-order valence-electron chi connectivity index (χ4n) is 3.22. The van der Waals surface area contributed by atoms with Crippen molar-refractivity contribution in [2.24, 2.45) is 0 Å². The smallest absolute Gasteiger partial charge is 0.271 e. The molecule has 0 aliphatic carbocycles. The van der Waals surface area contributed by atoms with Gasteiger partial charge in [0.05, 0.1) is 18.7 Å². The van der Waals surface area contributed by atoms with Crippen LogP contribution >= 0.6 is 0 Å². The average molecular weight is 310 g/mol. The van der Waals surface area contributed by atoms with E-state index >= 15 is 0 Å². The minimum atomic E-state index is 0.0244. The van der Waals surface area contributed by atoms with Gasteiger partial charge in [-0.25, -0.2) is 14.5 Å². The first-order valence-electron chi connectivity index (χ1n) is 7.81. The normalized spacial score (nSPS) is 16.1. The molecule has 0 saturated carbocycles. The molecule has 118 valence electrons. The van der Waals surface area contributed by atoms with Gasteiger partial charge >= 0.3 is 0 Å². The van der Waals surface area contributed by atoms with Crippen LogP contribution in [0.5, 0.6) is 0 Å². The van der Waals surface area contributed by atoms with E-state index < -0.39 is 0 Å². The SMILES string of the molecule is Cc1cc(C2CCN(C(=O)c3cnc[nH]3)CC2)nc2ccnn12. The molecule has 1 saturated heterocycles. The Morgan fingerprint density at radius 3 is 2.91 bits per heavy atom. The molecule has 3 aromatic rings. The second-order valence-electron chi connectivity index (χ2n) is 5.96. The molecule has 1 N–H and O–H groups in total. The van der Waals surface area contributed by atoms with E-state index in [9.17, 15) is 4.79 Å². The number of imidazole rings is 1. The number of aromatic nitrogens is 5. The Balaban J connectivity index is 1.49. The van der Waals surface area contributed by atoms with Crippen LogP contribution in [0.4, 0.5) is 0 Å². The molecule has 1 aliphatic heterocycles. The Morgan fingerprint density at radius 2 is 2.17 bits per heavy atom. The van der Waals surface area contributed by atoms with Crippen molar-refractivity contribution >= 4 is 11.6 Å². The lowest BCUT2D eigenvalue weighted by molar-refractivity contribution is 0.0706. The number of aryl methyl sites for hydroxylation is 1. The number of nitrogens with zero attached hydrogens (tertiary/aromatic N) is 5. The van der Waals surface area contributed by atoms with Crippen molar-refractivity contribution in [1.82, 2.24) is 29.5 Å². The first-order valence-corrected chi connectivity index (χ1v) is 7.81. The van der Waals surface area contributed by atoms with Crippen LogP contribution in [0.1, 0.15) is 40.6 Å². The van der Waals surface area contributed by atoms with Gasteiger partial charge in [0.1, 0.15) is 5.69 Å².